The molecule has 2 heterocycles. The molecule has 17 heavy (non-hydrogen) atoms. The predicted molar refractivity (Wildman–Crippen MR) is 66.5 cm³/mol. The van der Waals surface area contributed by atoms with E-state index in [0.29, 0.717) is 5.69 Å². The Balaban J connectivity index is 2.11. The largest absolute Gasteiger partial charge is 0.390 e. The Hall–Kier alpha value is -1.94. The first-order valence-corrected chi connectivity index (χ1v) is 5.46. The van der Waals surface area contributed by atoms with Crippen LogP contribution in [-0.4, -0.2) is 22.1 Å². The molecule has 1 N–H and O–H groups in total. The molecule has 0 radical (unpaired) electrons. The Morgan fingerprint density at radius 1 is 1.24 bits per heavy atom. The van der Waals surface area contributed by atoms with Crippen molar-refractivity contribution < 1.29 is 5.11 Å². The summed E-state index contributed by atoms with van der Waals surface area (Å²) in [5, 5.41) is 9.04. The molecule has 0 amide bonds. The van der Waals surface area contributed by atoms with E-state index in [1.807, 2.05) is 42.4 Å². The predicted octanol–water partition coefficient (Wildman–Crippen LogP) is 1.61. The van der Waals surface area contributed by atoms with Crippen molar-refractivity contribution >= 4 is 5.82 Å². The van der Waals surface area contributed by atoms with Crippen LogP contribution in [0.1, 0.15) is 11.3 Å². The molecule has 4 heteroatoms. The highest BCUT2D eigenvalue weighted by atomic mass is 16.3. The normalized spacial score (nSPS) is 10.2. The van der Waals surface area contributed by atoms with Crippen molar-refractivity contribution in [2.75, 3.05) is 11.9 Å². The summed E-state index contributed by atoms with van der Waals surface area (Å²) in [6, 6.07) is 9.57. The fraction of sp³-hybridized carbons (Fsp3) is 0.231. The van der Waals surface area contributed by atoms with Gasteiger partial charge in [-0.2, -0.15) is 0 Å². The zero-order valence-electron chi connectivity index (χ0n) is 9.74. The molecule has 0 aliphatic heterocycles. The van der Waals surface area contributed by atoms with Crippen LogP contribution in [0.3, 0.4) is 0 Å². The Labute approximate surface area is 101 Å². The Morgan fingerprint density at radius 2 is 2.12 bits per heavy atom. The van der Waals surface area contributed by atoms with Crippen LogP contribution < -0.4 is 4.90 Å². The summed E-state index contributed by atoms with van der Waals surface area (Å²) in [6.07, 6.45) is 3.60. The molecule has 0 atom stereocenters. The number of anilines is 1. The van der Waals surface area contributed by atoms with E-state index in [1.54, 1.807) is 12.3 Å². The van der Waals surface area contributed by atoms with Gasteiger partial charge in [0, 0.05) is 26.0 Å². The third-order valence-electron chi connectivity index (χ3n) is 2.49. The highest BCUT2D eigenvalue weighted by Gasteiger charge is 2.04. The second-order valence-corrected chi connectivity index (χ2v) is 3.86. The maximum Gasteiger partial charge on any atom is 0.128 e. The van der Waals surface area contributed by atoms with Gasteiger partial charge in [-0.15, -0.1) is 0 Å². The first-order chi connectivity index (χ1) is 8.29. The smallest absolute Gasteiger partial charge is 0.128 e. The van der Waals surface area contributed by atoms with Crippen molar-refractivity contribution in [2.24, 2.45) is 0 Å². The van der Waals surface area contributed by atoms with E-state index in [-0.39, 0.29) is 6.61 Å². The number of aliphatic hydroxyl groups excluding tert-OH is 1. The number of rotatable bonds is 4. The van der Waals surface area contributed by atoms with Gasteiger partial charge in [-0.05, 0) is 23.8 Å². The number of aliphatic hydroxyl groups is 1. The van der Waals surface area contributed by atoms with E-state index in [0.717, 1.165) is 17.9 Å². The van der Waals surface area contributed by atoms with E-state index < -0.39 is 0 Å². The Bertz CT molecular complexity index is 473. The summed E-state index contributed by atoms with van der Waals surface area (Å²) in [5.74, 6) is 0.848. The van der Waals surface area contributed by atoms with Crippen molar-refractivity contribution in [3.05, 3.63) is 54.0 Å². The average molecular weight is 229 g/mol. The quantitative estimate of drug-likeness (QED) is 0.865. The van der Waals surface area contributed by atoms with E-state index >= 15 is 0 Å². The van der Waals surface area contributed by atoms with E-state index in [1.165, 1.54) is 0 Å². The molecule has 0 aliphatic rings. The van der Waals surface area contributed by atoms with Gasteiger partial charge in [0.1, 0.15) is 5.82 Å². The fourth-order valence-electron chi connectivity index (χ4n) is 1.61. The molecule has 0 aromatic carbocycles. The van der Waals surface area contributed by atoms with Gasteiger partial charge in [-0.1, -0.05) is 12.1 Å². The summed E-state index contributed by atoms with van der Waals surface area (Å²) in [4.78, 5) is 10.4. The lowest BCUT2D eigenvalue weighted by Crippen LogP contribution is -2.18. The van der Waals surface area contributed by atoms with Crippen LogP contribution in [0.4, 0.5) is 5.82 Å². The van der Waals surface area contributed by atoms with Crippen LogP contribution in [0, 0.1) is 0 Å². The van der Waals surface area contributed by atoms with E-state index in [4.69, 9.17) is 5.11 Å². The average Bonchev–Trinajstić information content (AvgIpc) is 2.40. The molecule has 88 valence electrons. The van der Waals surface area contributed by atoms with Crippen molar-refractivity contribution in [3.63, 3.8) is 0 Å². The van der Waals surface area contributed by atoms with Crippen LogP contribution in [-0.2, 0) is 13.2 Å². The molecule has 0 fully saturated rings. The summed E-state index contributed by atoms with van der Waals surface area (Å²) in [6.45, 7) is 0.713. The monoisotopic (exact) mass is 229 g/mol. The minimum Gasteiger partial charge on any atom is -0.390 e. The lowest BCUT2D eigenvalue weighted by Gasteiger charge is -2.18. The molecule has 0 aliphatic carbocycles. The number of aromatic nitrogens is 2. The molecule has 0 saturated carbocycles. The third kappa shape index (κ3) is 3.01. The molecule has 0 bridgehead atoms. The maximum atomic E-state index is 9.04. The Morgan fingerprint density at radius 3 is 2.82 bits per heavy atom. The van der Waals surface area contributed by atoms with Crippen LogP contribution in [0.15, 0.2) is 42.7 Å². The second-order valence-electron chi connectivity index (χ2n) is 3.86. The van der Waals surface area contributed by atoms with Crippen molar-refractivity contribution in [3.8, 4) is 0 Å². The second kappa shape index (κ2) is 5.41. The summed E-state index contributed by atoms with van der Waals surface area (Å²) < 4.78 is 0. The fourth-order valence-corrected chi connectivity index (χ4v) is 1.61. The van der Waals surface area contributed by atoms with Gasteiger partial charge in [0.25, 0.3) is 0 Å². The third-order valence-corrected chi connectivity index (χ3v) is 2.49. The molecular formula is C13H15N3O. The highest BCUT2D eigenvalue weighted by Crippen LogP contribution is 2.12. The van der Waals surface area contributed by atoms with Crippen LogP contribution in [0.2, 0.25) is 0 Å². The molecule has 0 saturated heterocycles. The molecule has 0 spiro atoms. The molecule has 4 nitrogen and oxygen atoms in total. The van der Waals surface area contributed by atoms with E-state index in [2.05, 4.69) is 9.97 Å². The highest BCUT2D eigenvalue weighted by molar-refractivity contribution is 5.39. The van der Waals surface area contributed by atoms with Gasteiger partial charge >= 0.3 is 0 Å². The van der Waals surface area contributed by atoms with Crippen LogP contribution >= 0.6 is 0 Å². The standard InChI is InChI=1S/C13H15N3O/c1-16(9-11-4-3-7-14-8-11)13-6-2-5-12(10-17)15-13/h2-8,17H,9-10H2,1H3. The van der Waals surface area contributed by atoms with Gasteiger partial charge in [0.15, 0.2) is 0 Å². The zero-order valence-corrected chi connectivity index (χ0v) is 9.74. The minimum atomic E-state index is -0.0332. The number of nitrogens with zero attached hydrogens (tertiary/aromatic N) is 3. The minimum absolute atomic E-state index is 0.0332. The summed E-state index contributed by atoms with van der Waals surface area (Å²) in [7, 11) is 1.97. The van der Waals surface area contributed by atoms with Crippen LogP contribution in [0.25, 0.3) is 0 Å². The first kappa shape index (κ1) is 11.5. The topological polar surface area (TPSA) is 49.2 Å². The first-order valence-electron chi connectivity index (χ1n) is 5.46. The molecule has 2 aromatic rings. The maximum absolute atomic E-state index is 9.04. The summed E-state index contributed by atoms with van der Waals surface area (Å²) >= 11 is 0. The van der Waals surface area contributed by atoms with Crippen LogP contribution in [0.5, 0.6) is 0 Å². The SMILES string of the molecule is CN(Cc1cccnc1)c1cccc(CO)n1. The van der Waals surface area contributed by atoms with Gasteiger partial charge < -0.3 is 10.0 Å². The lowest BCUT2D eigenvalue weighted by atomic mass is 10.2. The molecule has 0 unspecified atom stereocenters. The van der Waals surface area contributed by atoms with Crippen molar-refractivity contribution in [1.82, 2.24) is 9.97 Å². The molecular weight excluding hydrogens is 214 g/mol. The van der Waals surface area contributed by atoms with Gasteiger partial charge in [0.2, 0.25) is 0 Å². The zero-order chi connectivity index (χ0) is 12.1. The van der Waals surface area contributed by atoms with Gasteiger partial charge in [-0.25, -0.2) is 4.98 Å². The van der Waals surface area contributed by atoms with Crippen molar-refractivity contribution in [2.45, 2.75) is 13.2 Å². The summed E-state index contributed by atoms with van der Waals surface area (Å²) in [5.41, 5.74) is 1.81. The van der Waals surface area contributed by atoms with E-state index in [9.17, 15) is 0 Å². The Kier molecular flexibility index (Phi) is 3.67. The lowest BCUT2D eigenvalue weighted by molar-refractivity contribution is 0.277. The van der Waals surface area contributed by atoms with Gasteiger partial charge in [-0.3, -0.25) is 4.98 Å². The van der Waals surface area contributed by atoms with Crippen molar-refractivity contribution in [1.29, 1.82) is 0 Å². The number of hydrogen-bond donors (Lipinski definition) is 1. The molecule has 2 rings (SSSR count). The number of pyridine rings is 2. The number of hydrogen-bond acceptors (Lipinski definition) is 4. The molecule has 2 aromatic heterocycles. The van der Waals surface area contributed by atoms with Gasteiger partial charge in [0.05, 0.1) is 12.3 Å².